The smallest absolute Gasteiger partial charge is 0.343 e. The van der Waals surface area contributed by atoms with Crippen LogP contribution in [0.15, 0.2) is 64.8 Å². The summed E-state index contributed by atoms with van der Waals surface area (Å²) < 4.78 is 11.8. The van der Waals surface area contributed by atoms with Crippen LogP contribution in [-0.4, -0.2) is 29.0 Å². The second-order valence-corrected chi connectivity index (χ2v) is 8.80. The maximum atomic E-state index is 13.0. The van der Waals surface area contributed by atoms with Gasteiger partial charge in [-0.3, -0.25) is 4.79 Å². The maximum absolute atomic E-state index is 13.0. The van der Waals surface area contributed by atoms with Gasteiger partial charge in [0.1, 0.15) is 22.7 Å². The lowest BCUT2D eigenvalue weighted by atomic mass is 9.97. The van der Waals surface area contributed by atoms with Crippen LogP contribution in [0.3, 0.4) is 0 Å². The molecule has 0 unspecified atom stereocenters. The SMILES string of the molecule is COc1ccc(C(=O)Oc2ccc(/C=N/n3cnc4sc5c(c4c3=O)CCCC5)cc2)cc1. The van der Waals surface area contributed by atoms with Crippen molar-refractivity contribution in [3.63, 3.8) is 0 Å². The predicted octanol–water partition coefficient (Wildman–Crippen LogP) is 4.45. The summed E-state index contributed by atoms with van der Waals surface area (Å²) in [7, 11) is 1.57. The van der Waals surface area contributed by atoms with Crippen molar-refractivity contribution in [2.45, 2.75) is 25.7 Å². The average molecular weight is 460 g/mol. The molecule has 2 aromatic carbocycles. The lowest BCUT2D eigenvalue weighted by molar-refractivity contribution is 0.0734. The van der Waals surface area contributed by atoms with Gasteiger partial charge in [0.05, 0.1) is 24.3 Å². The Hall–Kier alpha value is -3.78. The number of nitrogens with zero attached hydrogens (tertiary/aromatic N) is 3. The third-order valence-corrected chi connectivity index (χ3v) is 6.81. The highest BCUT2D eigenvalue weighted by atomic mass is 32.1. The van der Waals surface area contributed by atoms with E-state index in [-0.39, 0.29) is 5.56 Å². The maximum Gasteiger partial charge on any atom is 0.343 e. The molecular weight excluding hydrogens is 438 g/mol. The minimum atomic E-state index is -0.455. The largest absolute Gasteiger partial charge is 0.497 e. The van der Waals surface area contributed by atoms with Gasteiger partial charge in [-0.25, -0.2) is 9.78 Å². The molecule has 2 heterocycles. The van der Waals surface area contributed by atoms with Gasteiger partial charge in [0.15, 0.2) is 0 Å². The van der Waals surface area contributed by atoms with Crippen LogP contribution in [0.25, 0.3) is 10.2 Å². The first kappa shape index (κ1) is 21.1. The number of benzene rings is 2. The van der Waals surface area contributed by atoms with Gasteiger partial charge in [0.2, 0.25) is 0 Å². The first-order chi connectivity index (χ1) is 16.1. The standard InChI is InChI=1S/C25H21N3O4S/c1-31-18-12-8-17(9-13-18)25(30)32-19-10-6-16(7-11-19)14-27-28-15-26-23-22(24(28)29)20-4-2-3-5-21(20)33-23/h6-15H,2-5H2,1H3/b27-14+. The molecule has 5 rings (SSSR count). The number of aromatic nitrogens is 2. The number of carbonyl (C=O) groups excluding carboxylic acids is 1. The third kappa shape index (κ3) is 4.29. The third-order valence-electron chi connectivity index (χ3n) is 5.61. The molecule has 0 saturated carbocycles. The lowest BCUT2D eigenvalue weighted by Crippen LogP contribution is -2.18. The van der Waals surface area contributed by atoms with Crippen molar-refractivity contribution in [2.75, 3.05) is 7.11 Å². The number of ether oxygens (including phenoxy) is 2. The van der Waals surface area contributed by atoms with Crippen LogP contribution in [0.1, 0.15) is 39.2 Å². The number of hydrogen-bond donors (Lipinski definition) is 0. The molecule has 0 spiro atoms. The molecule has 0 fully saturated rings. The molecule has 0 N–H and O–H groups in total. The number of fused-ring (bicyclic) bond motifs is 3. The fourth-order valence-electron chi connectivity index (χ4n) is 3.86. The zero-order chi connectivity index (χ0) is 22.8. The lowest BCUT2D eigenvalue weighted by Gasteiger charge is -2.09. The van der Waals surface area contributed by atoms with Gasteiger partial charge in [0, 0.05) is 4.88 Å². The Labute approximate surface area is 193 Å². The molecule has 1 aliphatic rings. The summed E-state index contributed by atoms with van der Waals surface area (Å²) in [5, 5.41) is 5.01. The second kappa shape index (κ2) is 8.99. The van der Waals surface area contributed by atoms with E-state index in [2.05, 4.69) is 10.1 Å². The normalized spacial score (nSPS) is 13.2. The number of rotatable bonds is 5. The van der Waals surface area contributed by atoms with Crippen LogP contribution in [-0.2, 0) is 12.8 Å². The van der Waals surface area contributed by atoms with Crippen molar-refractivity contribution in [3.05, 3.63) is 86.8 Å². The first-order valence-corrected chi connectivity index (χ1v) is 11.5. The molecule has 4 aromatic rings. The molecule has 0 saturated heterocycles. The van der Waals surface area contributed by atoms with E-state index in [4.69, 9.17) is 9.47 Å². The highest BCUT2D eigenvalue weighted by Gasteiger charge is 2.19. The van der Waals surface area contributed by atoms with Crippen LogP contribution in [0, 0.1) is 0 Å². The van der Waals surface area contributed by atoms with E-state index in [0.717, 1.165) is 41.6 Å². The fraction of sp³-hybridized carbons (Fsp3) is 0.200. The minimum Gasteiger partial charge on any atom is -0.497 e. The number of methoxy groups -OCH3 is 1. The van der Waals surface area contributed by atoms with Crippen LogP contribution in [0.2, 0.25) is 0 Å². The van der Waals surface area contributed by atoms with Gasteiger partial charge < -0.3 is 9.47 Å². The van der Waals surface area contributed by atoms with Gasteiger partial charge >= 0.3 is 5.97 Å². The number of aryl methyl sites for hydroxylation is 2. The van der Waals surface area contributed by atoms with Gasteiger partial charge in [-0.2, -0.15) is 9.78 Å². The van der Waals surface area contributed by atoms with Gasteiger partial charge in [-0.1, -0.05) is 0 Å². The first-order valence-electron chi connectivity index (χ1n) is 10.6. The van der Waals surface area contributed by atoms with E-state index >= 15 is 0 Å². The summed E-state index contributed by atoms with van der Waals surface area (Å²) in [6, 6.07) is 13.6. The van der Waals surface area contributed by atoms with Crippen molar-refractivity contribution in [1.29, 1.82) is 0 Å². The van der Waals surface area contributed by atoms with E-state index in [1.807, 2.05) is 0 Å². The Balaban J connectivity index is 1.31. The molecule has 8 heteroatoms. The van der Waals surface area contributed by atoms with E-state index in [1.165, 1.54) is 15.9 Å². The Morgan fingerprint density at radius 3 is 2.55 bits per heavy atom. The molecule has 166 valence electrons. The molecule has 7 nitrogen and oxygen atoms in total. The molecule has 0 amide bonds. The van der Waals surface area contributed by atoms with Crippen LogP contribution >= 0.6 is 11.3 Å². The summed E-state index contributed by atoms with van der Waals surface area (Å²) in [5.74, 6) is 0.629. The molecular formula is C25H21N3O4S. The Morgan fingerprint density at radius 1 is 1.06 bits per heavy atom. The van der Waals surface area contributed by atoms with Gasteiger partial charge in [-0.05, 0) is 85.3 Å². The molecule has 0 atom stereocenters. The van der Waals surface area contributed by atoms with Crippen molar-refractivity contribution in [2.24, 2.45) is 5.10 Å². The van der Waals surface area contributed by atoms with E-state index in [1.54, 1.807) is 73.2 Å². The van der Waals surface area contributed by atoms with Crippen molar-refractivity contribution >= 4 is 33.7 Å². The second-order valence-electron chi connectivity index (χ2n) is 7.72. The Morgan fingerprint density at radius 2 is 1.79 bits per heavy atom. The van der Waals surface area contributed by atoms with Crippen LogP contribution in [0.4, 0.5) is 0 Å². The quantitative estimate of drug-likeness (QED) is 0.250. The average Bonchev–Trinajstić information content (AvgIpc) is 3.24. The topological polar surface area (TPSA) is 82.8 Å². The number of esters is 1. The van der Waals surface area contributed by atoms with Crippen molar-refractivity contribution in [3.8, 4) is 11.5 Å². The predicted molar refractivity (Wildman–Crippen MR) is 128 cm³/mol. The van der Waals surface area contributed by atoms with Gasteiger partial charge in [-0.15, -0.1) is 11.3 Å². The van der Waals surface area contributed by atoms with Crippen LogP contribution < -0.4 is 15.0 Å². The monoisotopic (exact) mass is 459 g/mol. The molecule has 2 aromatic heterocycles. The summed E-state index contributed by atoms with van der Waals surface area (Å²) in [5.41, 5.74) is 2.20. The van der Waals surface area contributed by atoms with Crippen molar-refractivity contribution < 1.29 is 14.3 Å². The summed E-state index contributed by atoms with van der Waals surface area (Å²) >= 11 is 1.62. The van der Waals surface area contributed by atoms with Crippen molar-refractivity contribution in [1.82, 2.24) is 9.66 Å². The highest BCUT2D eigenvalue weighted by Crippen LogP contribution is 2.33. The van der Waals surface area contributed by atoms with Crippen LogP contribution in [0.5, 0.6) is 11.5 Å². The molecule has 0 radical (unpaired) electrons. The summed E-state index contributed by atoms with van der Waals surface area (Å²) in [6.45, 7) is 0. The fourth-order valence-corrected chi connectivity index (χ4v) is 5.08. The molecule has 0 bridgehead atoms. The number of hydrogen-bond acceptors (Lipinski definition) is 7. The number of thiophene rings is 1. The number of carbonyl (C=O) groups is 1. The summed E-state index contributed by atoms with van der Waals surface area (Å²) in [4.78, 5) is 31.8. The molecule has 0 aliphatic heterocycles. The van der Waals surface area contributed by atoms with E-state index < -0.39 is 5.97 Å². The Bertz CT molecular complexity index is 1400. The zero-order valence-electron chi connectivity index (χ0n) is 18.0. The summed E-state index contributed by atoms with van der Waals surface area (Å²) in [6.07, 6.45) is 7.27. The minimum absolute atomic E-state index is 0.138. The Kier molecular flexibility index (Phi) is 5.75. The zero-order valence-corrected chi connectivity index (χ0v) is 18.8. The molecule has 1 aliphatic carbocycles. The highest BCUT2D eigenvalue weighted by molar-refractivity contribution is 7.18. The van der Waals surface area contributed by atoms with E-state index in [0.29, 0.717) is 22.4 Å². The molecule has 33 heavy (non-hydrogen) atoms. The van der Waals surface area contributed by atoms with Gasteiger partial charge in [0.25, 0.3) is 5.56 Å². The van der Waals surface area contributed by atoms with E-state index in [9.17, 15) is 9.59 Å².